The minimum atomic E-state index is 0.183. The first kappa shape index (κ1) is 8.07. The molecule has 0 aromatic carbocycles. The number of nitrogens with two attached hydrogens (primary N) is 1. The van der Waals surface area contributed by atoms with Crippen LogP contribution in [0.1, 0.15) is 0 Å². The van der Waals surface area contributed by atoms with Crippen molar-refractivity contribution in [2.24, 2.45) is 0 Å². The van der Waals surface area contributed by atoms with E-state index in [1.165, 1.54) is 0 Å². The standard InChI is InChI=1S/C8H6ClN3O/c9-6-7(13-12-8(6)10)5-3-1-2-4-11-5/h1-4H,(H2,10,12). The van der Waals surface area contributed by atoms with Crippen LogP contribution in [0.2, 0.25) is 5.02 Å². The van der Waals surface area contributed by atoms with Crippen LogP contribution in [0.3, 0.4) is 0 Å². The fourth-order valence-corrected chi connectivity index (χ4v) is 1.11. The number of anilines is 1. The number of halogens is 1. The third-order valence-electron chi connectivity index (χ3n) is 1.56. The minimum absolute atomic E-state index is 0.183. The van der Waals surface area contributed by atoms with Gasteiger partial charge in [0.1, 0.15) is 10.7 Å². The maximum Gasteiger partial charge on any atom is 0.206 e. The van der Waals surface area contributed by atoms with E-state index < -0.39 is 0 Å². The van der Waals surface area contributed by atoms with Gasteiger partial charge in [0.2, 0.25) is 5.76 Å². The minimum Gasteiger partial charge on any atom is -0.380 e. The zero-order valence-electron chi connectivity index (χ0n) is 6.57. The molecule has 66 valence electrons. The summed E-state index contributed by atoms with van der Waals surface area (Å²) in [6.07, 6.45) is 1.64. The largest absolute Gasteiger partial charge is 0.380 e. The molecule has 2 heterocycles. The number of hydrogen-bond acceptors (Lipinski definition) is 4. The van der Waals surface area contributed by atoms with Gasteiger partial charge in [0.25, 0.3) is 0 Å². The Morgan fingerprint density at radius 3 is 2.77 bits per heavy atom. The molecular formula is C8H6ClN3O. The molecule has 0 saturated carbocycles. The highest BCUT2D eigenvalue weighted by Gasteiger charge is 2.13. The molecule has 0 fully saturated rings. The molecule has 0 bridgehead atoms. The van der Waals surface area contributed by atoms with E-state index in [1.54, 1.807) is 18.3 Å². The van der Waals surface area contributed by atoms with Gasteiger partial charge in [-0.1, -0.05) is 22.8 Å². The van der Waals surface area contributed by atoms with E-state index in [1.807, 2.05) is 6.07 Å². The van der Waals surface area contributed by atoms with Gasteiger partial charge < -0.3 is 10.3 Å². The maximum absolute atomic E-state index is 5.82. The van der Waals surface area contributed by atoms with E-state index in [4.69, 9.17) is 21.9 Å². The molecule has 0 aliphatic rings. The monoisotopic (exact) mass is 195 g/mol. The molecule has 0 amide bonds. The molecule has 0 aliphatic heterocycles. The highest BCUT2D eigenvalue weighted by Crippen LogP contribution is 2.30. The molecular weight excluding hydrogens is 190 g/mol. The molecule has 0 aliphatic carbocycles. The van der Waals surface area contributed by atoms with Crippen molar-refractivity contribution in [3.63, 3.8) is 0 Å². The van der Waals surface area contributed by atoms with Crippen molar-refractivity contribution < 1.29 is 4.52 Å². The highest BCUT2D eigenvalue weighted by molar-refractivity contribution is 6.35. The van der Waals surface area contributed by atoms with E-state index in [0.29, 0.717) is 16.5 Å². The average Bonchev–Trinajstić information content (AvgIpc) is 2.49. The van der Waals surface area contributed by atoms with E-state index in [2.05, 4.69) is 10.1 Å². The Bertz CT molecular complexity index is 413. The summed E-state index contributed by atoms with van der Waals surface area (Å²) < 4.78 is 4.91. The summed E-state index contributed by atoms with van der Waals surface area (Å²) in [6, 6.07) is 5.40. The van der Waals surface area contributed by atoms with Crippen molar-refractivity contribution in [2.75, 3.05) is 5.73 Å². The number of pyridine rings is 1. The molecule has 0 radical (unpaired) electrons. The van der Waals surface area contributed by atoms with E-state index in [-0.39, 0.29) is 5.82 Å². The van der Waals surface area contributed by atoms with Gasteiger partial charge in [0.05, 0.1) is 0 Å². The molecule has 0 saturated heterocycles. The van der Waals surface area contributed by atoms with E-state index >= 15 is 0 Å². The SMILES string of the molecule is Nc1noc(-c2ccccn2)c1Cl. The highest BCUT2D eigenvalue weighted by atomic mass is 35.5. The van der Waals surface area contributed by atoms with Gasteiger partial charge in [-0.15, -0.1) is 0 Å². The molecule has 5 heteroatoms. The van der Waals surface area contributed by atoms with Crippen molar-refractivity contribution in [3.8, 4) is 11.5 Å². The van der Waals surface area contributed by atoms with E-state index in [9.17, 15) is 0 Å². The number of hydrogen-bond donors (Lipinski definition) is 1. The third-order valence-corrected chi connectivity index (χ3v) is 1.92. The quantitative estimate of drug-likeness (QED) is 0.756. The summed E-state index contributed by atoms with van der Waals surface area (Å²) in [6.45, 7) is 0. The van der Waals surface area contributed by atoms with Crippen molar-refractivity contribution in [2.45, 2.75) is 0 Å². The summed E-state index contributed by atoms with van der Waals surface area (Å²) in [5, 5.41) is 3.83. The zero-order valence-corrected chi connectivity index (χ0v) is 7.32. The van der Waals surface area contributed by atoms with Gasteiger partial charge in [-0.05, 0) is 12.1 Å². The van der Waals surface area contributed by atoms with Crippen LogP contribution in [0.25, 0.3) is 11.5 Å². The van der Waals surface area contributed by atoms with Crippen LogP contribution in [0, 0.1) is 0 Å². The van der Waals surface area contributed by atoms with Crippen LogP contribution in [-0.4, -0.2) is 10.1 Å². The third kappa shape index (κ3) is 1.36. The lowest BCUT2D eigenvalue weighted by Crippen LogP contribution is -1.83. The van der Waals surface area contributed by atoms with Crippen LogP contribution in [-0.2, 0) is 0 Å². The van der Waals surface area contributed by atoms with Gasteiger partial charge >= 0.3 is 0 Å². The second kappa shape index (κ2) is 3.06. The number of rotatable bonds is 1. The topological polar surface area (TPSA) is 64.9 Å². The van der Waals surface area contributed by atoms with Gasteiger partial charge in [-0.25, -0.2) is 0 Å². The number of aromatic nitrogens is 2. The Balaban J connectivity index is 2.53. The average molecular weight is 196 g/mol. The Kier molecular flexibility index (Phi) is 1.90. The molecule has 0 unspecified atom stereocenters. The van der Waals surface area contributed by atoms with Gasteiger partial charge in [-0.2, -0.15) is 0 Å². The van der Waals surface area contributed by atoms with Crippen LogP contribution in [0.5, 0.6) is 0 Å². The summed E-state index contributed by atoms with van der Waals surface area (Å²) in [5.41, 5.74) is 6.04. The zero-order chi connectivity index (χ0) is 9.26. The number of nitrogens with zero attached hydrogens (tertiary/aromatic N) is 2. The Labute approximate surface area is 79.3 Å². The Morgan fingerprint density at radius 2 is 2.23 bits per heavy atom. The summed E-state index contributed by atoms with van der Waals surface area (Å²) in [7, 11) is 0. The Morgan fingerprint density at radius 1 is 1.38 bits per heavy atom. The molecule has 2 N–H and O–H groups in total. The summed E-state index contributed by atoms with van der Waals surface area (Å²) >= 11 is 5.82. The Hall–Kier alpha value is -1.55. The fourth-order valence-electron chi connectivity index (χ4n) is 0.948. The molecule has 13 heavy (non-hydrogen) atoms. The second-order valence-electron chi connectivity index (χ2n) is 2.43. The predicted molar refractivity (Wildman–Crippen MR) is 49.2 cm³/mol. The molecule has 2 aromatic heterocycles. The smallest absolute Gasteiger partial charge is 0.206 e. The van der Waals surface area contributed by atoms with Gasteiger partial charge in [0.15, 0.2) is 5.82 Å². The molecule has 2 rings (SSSR count). The first-order valence-corrected chi connectivity index (χ1v) is 3.99. The van der Waals surface area contributed by atoms with Crippen LogP contribution < -0.4 is 5.73 Å². The molecule has 0 atom stereocenters. The number of nitrogen functional groups attached to an aromatic ring is 1. The van der Waals surface area contributed by atoms with Crippen molar-refractivity contribution in [1.29, 1.82) is 0 Å². The fraction of sp³-hybridized carbons (Fsp3) is 0. The molecule has 0 spiro atoms. The predicted octanol–water partition coefficient (Wildman–Crippen LogP) is 1.97. The lowest BCUT2D eigenvalue weighted by molar-refractivity contribution is 0.434. The normalized spacial score (nSPS) is 10.2. The van der Waals surface area contributed by atoms with Crippen LogP contribution >= 0.6 is 11.6 Å². The van der Waals surface area contributed by atoms with Crippen molar-refractivity contribution in [3.05, 3.63) is 29.4 Å². The van der Waals surface area contributed by atoms with E-state index in [0.717, 1.165) is 0 Å². The maximum atomic E-state index is 5.82. The van der Waals surface area contributed by atoms with Gasteiger partial charge in [-0.3, -0.25) is 4.98 Å². The molecule has 2 aromatic rings. The van der Waals surface area contributed by atoms with Crippen molar-refractivity contribution >= 4 is 17.4 Å². The first-order chi connectivity index (χ1) is 6.29. The lowest BCUT2D eigenvalue weighted by atomic mass is 10.3. The van der Waals surface area contributed by atoms with Crippen LogP contribution in [0.4, 0.5) is 5.82 Å². The first-order valence-electron chi connectivity index (χ1n) is 3.61. The molecule has 4 nitrogen and oxygen atoms in total. The van der Waals surface area contributed by atoms with Crippen LogP contribution in [0.15, 0.2) is 28.9 Å². The lowest BCUT2D eigenvalue weighted by Gasteiger charge is -1.92. The summed E-state index contributed by atoms with van der Waals surface area (Å²) in [5.74, 6) is 0.585. The van der Waals surface area contributed by atoms with Crippen molar-refractivity contribution in [1.82, 2.24) is 10.1 Å². The second-order valence-corrected chi connectivity index (χ2v) is 2.80. The van der Waals surface area contributed by atoms with Gasteiger partial charge in [0, 0.05) is 6.20 Å². The summed E-state index contributed by atoms with van der Waals surface area (Å²) in [4.78, 5) is 4.05.